The fraction of sp³-hybridized carbons (Fsp3) is 0.562. The van der Waals surface area contributed by atoms with Gasteiger partial charge in [-0.25, -0.2) is 13.1 Å². The van der Waals surface area contributed by atoms with Crippen molar-refractivity contribution in [2.45, 2.75) is 37.4 Å². The van der Waals surface area contributed by atoms with Crippen LogP contribution in [0, 0.1) is 5.92 Å². The molecule has 0 aromatic heterocycles. The summed E-state index contributed by atoms with van der Waals surface area (Å²) in [4.78, 5) is 11.8. The van der Waals surface area contributed by atoms with Crippen LogP contribution in [0.5, 0.6) is 0 Å². The fourth-order valence-corrected chi connectivity index (χ4v) is 4.78. The minimum absolute atomic E-state index is 0.302. The van der Waals surface area contributed by atoms with Gasteiger partial charge in [-0.2, -0.15) is 0 Å². The molecule has 128 valence electrons. The van der Waals surface area contributed by atoms with Crippen molar-refractivity contribution in [2.75, 3.05) is 19.4 Å². The molecule has 0 radical (unpaired) electrons. The summed E-state index contributed by atoms with van der Waals surface area (Å²) in [5.74, 6) is -0.999. The summed E-state index contributed by atoms with van der Waals surface area (Å²) in [7, 11) is -2.24. The third-order valence-electron chi connectivity index (χ3n) is 4.30. The monoisotopic (exact) mass is 340 g/mol. The molecule has 7 heteroatoms. The average molecular weight is 340 g/mol. The Morgan fingerprint density at radius 3 is 2.57 bits per heavy atom. The van der Waals surface area contributed by atoms with E-state index in [1.165, 1.54) is 7.11 Å². The molecule has 23 heavy (non-hydrogen) atoms. The van der Waals surface area contributed by atoms with Gasteiger partial charge in [0.15, 0.2) is 0 Å². The van der Waals surface area contributed by atoms with Gasteiger partial charge in [-0.15, -0.1) is 0 Å². The lowest BCUT2D eigenvalue weighted by molar-refractivity contribution is -0.146. The van der Waals surface area contributed by atoms with E-state index in [-0.39, 0.29) is 0 Å². The molecule has 1 aromatic rings. The maximum Gasteiger partial charge on any atom is 0.310 e. The van der Waals surface area contributed by atoms with Crippen LogP contribution in [-0.2, 0) is 26.0 Å². The largest absolute Gasteiger partial charge is 0.469 e. The summed E-state index contributed by atoms with van der Waals surface area (Å²) in [5.41, 5.74) is 7.31. The number of esters is 1. The van der Waals surface area contributed by atoms with Crippen LogP contribution in [0.1, 0.15) is 31.2 Å². The first-order valence-electron chi connectivity index (χ1n) is 7.85. The number of nitrogens with two attached hydrogens (primary N) is 1. The Morgan fingerprint density at radius 1 is 1.26 bits per heavy atom. The number of anilines is 1. The third kappa shape index (κ3) is 4.68. The Labute approximate surface area is 137 Å². The van der Waals surface area contributed by atoms with Crippen LogP contribution in [0.15, 0.2) is 24.3 Å². The van der Waals surface area contributed by atoms with Crippen LogP contribution in [-0.4, -0.2) is 33.3 Å². The highest BCUT2D eigenvalue weighted by Crippen LogP contribution is 2.30. The van der Waals surface area contributed by atoms with Crippen molar-refractivity contribution in [1.29, 1.82) is 0 Å². The van der Waals surface area contributed by atoms with E-state index in [9.17, 15) is 13.2 Å². The van der Waals surface area contributed by atoms with Crippen molar-refractivity contribution < 1.29 is 17.9 Å². The van der Waals surface area contributed by atoms with Gasteiger partial charge in [0.05, 0.1) is 18.3 Å². The molecular formula is C16H24N2O4S. The van der Waals surface area contributed by atoms with Crippen molar-refractivity contribution in [3.05, 3.63) is 29.8 Å². The first kappa shape index (κ1) is 17.7. The number of benzene rings is 1. The van der Waals surface area contributed by atoms with Gasteiger partial charge in [0.2, 0.25) is 10.0 Å². The number of carbonyl (C=O) groups is 1. The smallest absolute Gasteiger partial charge is 0.310 e. The Morgan fingerprint density at radius 2 is 1.91 bits per heavy atom. The molecule has 0 heterocycles. The third-order valence-corrected chi connectivity index (χ3v) is 6.27. The number of methoxy groups -OCH3 is 1. The standard InChI is InChI=1S/C16H24N2O4S/c1-22-16(19)14-4-2-3-5-15(14)23(20,21)18-11-10-12-6-8-13(17)9-7-12/h6-9,14-15,18H,2-5,10-11,17H2,1H3/t14-,15-/m1/s1. The number of ether oxygens (including phenoxy) is 1. The molecule has 2 rings (SSSR count). The summed E-state index contributed by atoms with van der Waals surface area (Å²) in [5, 5.41) is -0.699. The molecule has 1 aliphatic carbocycles. The topological polar surface area (TPSA) is 98.5 Å². The molecule has 1 fully saturated rings. The Balaban J connectivity index is 1.96. The highest BCUT2D eigenvalue weighted by atomic mass is 32.2. The molecule has 1 saturated carbocycles. The highest BCUT2D eigenvalue weighted by Gasteiger charge is 2.39. The van der Waals surface area contributed by atoms with E-state index in [0.29, 0.717) is 31.5 Å². The van der Waals surface area contributed by atoms with E-state index in [4.69, 9.17) is 10.5 Å². The molecule has 1 aliphatic rings. The Hall–Kier alpha value is -1.60. The number of hydrogen-bond acceptors (Lipinski definition) is 5. The van der Waals surface area contributed by atoms with E-state index >= 15 is 0 Å². The van der Waals surface area contributed by atoms with Crippen molar-refractivity contribution in [3.8, 4) is 0 Å². The first-order valence-corrected chi connectivity index (χ1v) is 9.39. The number of carbonyl (C=O) groups excluding carboxylic acids is 1. The van der Waals surface area contributed by atoms with E-state index in [1.54, 1.807) is 12.1 Å². The van der Waals surface area contributed by atoms with Gasteiger partial charge in [-0.05, 0) is 37.0 Å². The van der Waals surface area contributed by atoms with Crippen LogP contribution in [0.4, 0.5) is 5.69 Å². The molecule has 0 saturated heterocycles. The zero-order valence-corrected chi connectivity index (χ0v) is 14.1. The second-order valence-electron chi connectivity index (χ2n) is 5.88. The van der Waals surface area contributed by atoms with Crippen molar-refractivity contribution >= 4 is 21.7 Å². The Bertz CT molecular complexity index is 628. The maximum absolute atomic E-state index is 12.5. The summed E-state index contributed by atoms with van der Waals surface area (Å²) >= 11 is 0. The Kier molecular flexibility index (Phi) is 6.01. The predicted molar refractivity (Wildman–Crippen MR) is 89.2 cm³/mol. The van der Waals surface area contributed by atoms with Crippen LogP contribution in [0.2, 0.25) is 0 Å². The summed E-state index contributed by atoms with van der Waals surface area (Å²) in [6, 6.07) is 7.33. The number of nitrogens with one attached hydrogen (secondary N) is 1. The molecule has 0 bridgehead atoms. The summed E-state index contributed by atoms with van der Waals surface area (Å²) in [6.45, 7) is 0.302. The van der Waals surface area contributed by atoms with Gasteiger partial charge in [0.25, 0.3) is 0 Å². The predicted octanol–water partition coefficient (Wildman–Crippen LogP) is 1.46. The minimum atomic E-state index is -3.54. The lowest BCUT2D eigenvalue weighted by Crippen LogP contribution is -2.44. The van der Waals surface area contributed by atoms with Gasteiger partial charge in [0, 0.05) is 12.2 Å². The van der Waals surface area contributed by atoms with E-state index < -0.39 is 27.2 Å². The molecule has 2 atom stereocenters. The number of rotatable bonds is 6. The van der Waals surface area contributed by atoms with Crippen LogP contribution in [0.25, 0.3) is 0 Å². The second kappa shape index (κ2) is 7.79. The van der Waals surface area contributed by atoms with Crippen molar-refractivity contribution in [3.63, 3.8) is 0 Å². The average Bonchev–Trinajstić information content (AvgIpc) is 2.56. The quantitative estimate of drug-likeness (QED) is 0.603. The molecule has 6 nitrogen and oxygen atoms in total. The summed E-state index contributed by atoms with van der Waals surface area (Å²) < 4.78 is 32.4. The van der Waals surface area contributed by atoms with E-state index in [0.717, 1.165) is 18.4 Å². The molecule has 0 unspecified atom stereocenters. The van der Waals surface area contributed by atoms with Gasteiger partial charge in [-0.3, -0.25) is 4.79 Å². The lowest BCUT2D eigenvalue weighted by Gasteiger charge is -2.29. The molecule has 3 N–H and O–H groups in total. The van der Waals surface area contributed by atoms with Crippen LogP contribution < -0.4 is 10.5 Å². The number of hydrogen-bond donors (Lipinski definition) is 2. The van der Waals surface area contributed by atoms with Crippen LogP contribution >= 0.6 is 0 Å². The van der Waals surface area contributed by atoms with Crippen molar-refractivity contribution in [1.82, 2.24) is 4.72 Å². The fourth-order valence-electron chi connectivity index (χ4n) is 3.02. The maximum atomic E-state index is 12.5. The lowest BCUT2D eigenvalue weighted by atomic mass is 9.89. The zero-order valence-electron chi connectivity index (χ0n) is 13.3. The van der Waals surface area contributed by atoms with Gasteiger partial charge in [-0.1, -0.05) is 25.0 Å². The highest BCUT2D eigenvalue weighted by molar-refractivity contribution is 7.90. The summed E-state index contributed by atoms with van der Waals surface area (Å²) in [6.07, 6.45) is 3.32. The zero-order chi connectivity index (χ0) is 16.9. The van der Waals surface area contributed by atoms with Crippen LogP contribution in [0.3, 0.4) is 0 Å². The van der Waals surface area contributed by atoms with Gasteiger partial charge >= 0.3 is 5.97 Å². The normalized spacial score (nSPS) is 21.8. The van der Waals surface area contributed by atoms with Crippen molar-refractivity contribution in [2.24, 2.45) is 5.92 Å². The molecule has 0 spiro atoms. The number of nitrogen functional groups attached to an aromatic ring is 1. The second-order valence-corrected chi connectivity index (χ2v) is 7.87. The number of sulfonamides is 1. The first-order chi connectivity index (χ1) is 10.9. The van der Waals surface area contributed by atoms with Gasteiger partial charge < -0.3 is 10.5 Å². The van der Waals surface area contributed by atoms with E-state index in [2.05, 4.69) is 4.72 Å². The SMILES string of the molecule is COC(=O)[C@@H]1CCCC[C@H]1S(=O)(=O)NCCc1ccc(N)cc1. The van der Waals surface area contributed by atoms with Gasteiger partial charge in [0.1, 0.15) is 0 Å². The molecule has 0 aliphatic heterocycles. The van der Waals surface area contributed by atoms with E-state index in [1.807, 2.05) is 12.1 Å². The molecule has 1 aromatic carbocycles. The molecule has 0 amide bonds. The molecular weight excluding hydrogens is 316 g/mol. The minimum Gasteiger partial charge on any atom is -0.469 e.